The van der Waals surface area contributed by atoms with Gasteiger partial charge < -0.3 is 15.4 Å². The molecule has 2 N–H and O–H groups in total. The Kier molecular flexibility index (Phi) is 5.32. The van der Waals surface area contributed by atoms with E-state index >= 15 is 0 Å². The third kappa shape index (κ3) is 4.04. The van der Waals surface area contributed by atoms with Crippen molar-refractivity contribution < 1.29 is 4.74 Å². The second-order valence-corrected chi connectivity index (χ2v) is 3.30. The highest BCUT2D eigenvalue weighted by molar-refractivity contribution is 4.66. The maximum atomic E-state index is 5.58. The predicted molar refractivity (Wildman–Crippen MR) is 50.4 cm³/mol. The van der Waals surface area contributed by atoms with E-state index in [9.17, 15) is 0 Å². The summed E-state index contributed by atoms with van der Waals surface area (Å²) in [5, 5.41) is 6.47. The Labute approximate surface area is 74.9 Å². The van der Waals surface area contributed by atoms with E-state index in [2.05, 4.69) is 10.6 Å². The first kappa shape index (κ1) is 9.96. The molecule has 1 unspecified atom stereocenters. The van der Waals surface area contributed by atoms with Gasteiger partial charge >= 0.3 is 0 Å². The standard InChI is InChI=1S/C9H20N2O/c1-10-5-6-11-8-9-4-2-3-7-12-9/h9-11H,2-8H2,1H3. The third-order valence-electron chi connectivity index (χ3n) is 2.20. The Morgan fingerprint density at radius 3 is 2.92 bits per heavy atom. The van der Waals surface area contributed by atoms with Gasteiger partial charge in [-0.15, -0.1) is 0 Å². The second kappa shape index (κ2) is 6.40. The Balaban J connectivity index is 1.91. The molecule has 0 aromatic heterocycles. The lowest BCUT2D eigenvalue weighted by molar-refractivity contribution is 0.0171. The minimum atomic E-state index is 0.468. The maximum Gasteiger partial charge on any atom is 0.0699 e. The van der Waals surface area contributed by atoms with Crippen LogP contribution in [0.3, 0.4) is 0 Å². The molecule has 1 heterocycles. The van der Waals surface area contributed by atoms with E-state index in [1.165, 1.54) is 19.3 Å². The highest BCUT2D eigenvalue weighted by atomic mass is 16.5. The van der Waals surface area contributed by atoms with Gasteiger partial charge in [-0.2, -0.15) is 0 Å². The first-order valence-electron chi connectivity index (χ1n) is 4.90. The van der Waals surface area contributed by atoms with Crippen LogP contribution in [0, 0.1) is 0 Å². The SMILES string of the molecule is CNCCNCC1CCCCO1. The largest absolute Gasteiger partial charge is 0.377 e. The third-order valence-corrected chi connectivity index (χ3v) is 2.20. The first-order valence-corrected chi connectivity index (χ1v) is 4.90. The molecule has 72 valence electrons. The van der Waals surface area contributed by atoms with Gasteiger partial charge in [-0.1, -0.05) is 0 Å². The predicted octanol–water partition coefficient (Wildman–Crippen LogP) is 0.364. The fraction of sp³-hybridized carbons (Fsp3) is 1.00. The molecule has 0 aromatic carbocycles. The minimum absolute atomic E-state index is 0.468. The van der Waals surface area contributed by atoms with Gasteiger partial charge in [-0.05, 0) is 26.3 Å². The van der Waals surface area contributed by atoms with E-state index in [4.69, 9.17) is 4.74 Å². The zero-order chi connectivity index (χ0) is 8.65. The van der Waals surface area contributed by atoms with Gasteiger partial charge in [0.2, 0.25) is 0 Å². The molecule has 1 fully saturated rings. The van der Waals surface area contributed by atoms with Gasteiger partial charge in [0.15, 0.2) is 0 Å². The topological polar surface area (TPSA) is 33.3 Å². The molecule has 0 spiro atoms. The van der Waals surface area contributed by atoms with Gasteiger partial charge in [0, 0.05) is 26.2 Å². The van der Waals surface area contributed by atoms with Crippen LogP contribution >= 0.6 is 0 Å². The van der Waals surface area contributed by atoms with E-state index < -0.39 is 0 Å². The quantitative estimate of drug-likeness (QED) is 0.588. The molecule has 1 saturated heterocycles. The van der Waals surface area contributed by atoms with Crippen LogP contribution < -0.4 is 10.6 Å². The minimum Gasteiger partial charge on any atom is -0.377 e. The molecule has 0 aliphatic carbocycles. The Morgan fingerprint density at radius 1 is 1.33 bits per heavy atom. The molecule has 0 saturated carbocycles. The molecule has 1 aliphatic rings. The molecule has 0 bridgehead atoms. The molecule has 0 aromatic rings. The van der Waals surface area contributed by atoms with Crippen LogP contribution in [0.15, 0.2) is 0 Å². The van der Waals surface area contributed by atoms with Gasteiger partial charge in [-0.3, -0.25) is 0 Å². The van der Waals surface area contributed by atoms with E-state index in [1.807, 2.05) is 7.05 Å². The molecule has 12 heavy (non-hydrogen) atoms. The van der Waals surface area contributed by atoms with E-state index in [1.54, 1.807) is 0 Å². The Bertz CT molecular complexity index is 103. The lowest BCUT2D eigenvalue weighted by Crippen LogP contribution is -2.34. The number of ether oxygens (including phenoxy) is 1. The van der Waals surface area contributed by atoms with Crippen LogP contribution in [0.4, 0.5) is 0 Å². The van der Waals surface area contributed by atoms with Gasteiger partial charge in [0.1, 0.15) is 0 Å². The van der Waals surface area contributed by atoms with Crippen molar-refractivity contribution in [3.05, 3.63) is 0 Å². The van der Waals surface area contributed by atoms with Crippen LogP contribution in [0.5, 0.6) is 0 Å². The maximum absolute atomic E-state index is 5.58. The fourth-order valence-electron chi connectivity index (χ4n) is 1.44. The normalized spacial score (nSPS) is 24.2. The highest BCUT2D eigenvalue weighted by Gasteiger charge is 2.12. The number of rotatable bonds is 5. The van der Waals surface area contributed by atoms with Crippen molar-refractivity contribution >= 4 is 0 Å². The summed E-state index contributed by atoms with van der Waals surface area (Å²) >= 11 is 0. The van der Waals surface area contributed by atoms with E-state index in [0.29, 0.717) is 6.10 Å². The summed E-state index contributed by atoms with van der Waals surface area (Å²) in [7, 11) is 1.97. The fourth-order valence-corrected chi connectivity index (χ4v) is 1.44. The van der Waals surface area contributed by atoms with Crippen LogP contribution in [0.25, 0.3) is 0 Å². The number of nitrogens with one attached hydrogen (secondary N) is 2. The second-order valence-electron chi connectivity index (χ2n) is 3.30. The summed E-state index contributed by atoms with van der Waals surface area (Å²) in [5.41, 5.74) is 0. The average Bonchev–Trinajstić information content (AvgIpc) is 2.14. The molecule has 1 aliphatic heterocycles. The summed E-state index contributed by atoms with van der Waals surface area (Å²) < 4.78 is 5.58. The van der Waals surface area contributed by atoms with Gasteiger partial charge in [-0.25, -0.2) is 0 Å². The number of hydrogen-bond acceptors (Lipinski definition) is 3. The van der Waals surface area contributed by atoms with Gasteiger partial charge in [0.05, 0.1) is 6.10 Å². The Morgan fingerprint density at radius 2 is 2.25 bits per heavy atom. The van der Waals surface area contributed by atoms with Crippen molar-refractivity contribution in [1.29, 1.82) is 0 Å². The van der Waals surface area contributed by atoms with Crippen molar-refractivity contribution in [2.45, 2.75) is 25.4 Å². The van der Waals surface area contributed by atoms with Crippen molar-refractivity contribution in [2.24, 2.45) is 0 Å². The average molecular weight is 172 g/mol. The molecule has 1 atom stereocenters. The molecule has 0 amide bonds. The van der Waals surface area contributed by atoms with Crippen molar-refractivity contribution in [2.75, 3.05) is 33.3 Å². The van der Waals surface area contributed by atoms with Gasteiger partial charge in [0.25, 0.3) is 0 Å². The smallest absolute Gasteiger partial charge is 0.0699 e. The molecular weight excluding hydrogens is 152 g/mol. The molecular formula is C9H20N2O. The summed E-state index contributed by atoms with van der Waals surface area (Å²) in [5.74, 6) is 0. The zero-order valence-corrected chi connectivity index (χ0v) is 7.94. The zero-order valence-electron chi connectivity index (χ0n) is 7.94. The lowest BCUT2D eigenvalue weighted by atomic mass is 10.1. The Hall–Kier alpha value is -0.120. The summed E-state index contributed by atoms with van der Waals surface area (Å²) in [6.07, 6.45) is 4.27. The number of hydrogen-bond donors (Lipinski definition) is 2. The first-order chi connectivity index (χ1) is 5.93. The van der Waals surface area contributed by atoms with E-state index in [-0.39, 0.29) is 0 Å². The molecule has 3 nitrogen and oxygen atoms in total. The van der Waals surface area contributed by atoms with Crippen LogP contribution in [0.2, 0.25) is 0 Å². The summed E-state index contributed by atoms with van der Waals surface area (Å²) in [6, 6.07) is 0. The van der Waals surface area contributed by atoms with E-state index in [0.717, 1.165) is 26.2 Å². The van der Waals surface area contributed by atoms with Crippen LogP contribution in [0.1, 0.15) is 19.3 Å². The van der Waals surface area contributed by atoms with Crippen molar-refractivity contribution in [1.82, 2.24) is 10.6 Å². The monoisotopic (exact) mass is 172 g/mol. The number of likely N-dealkylation sites (N-methyl/N-ethyl adjacent to an activating group) is 1. The summed E-state index contributed by atoms with van der Waals surface area (Å²) in [4.78, 5) is 0. The molecule has 3 heteroatoms. The van der Waals surface area contributed by atoms with Crippen molar-refractivity contribution in [3.8, 4) is 0 Å². The van der Waals surface area contributed by atoms with Crippen LogP contribution in [-0.4, -0.2) is 39.4 Å². The molecule has 1 rings (SSSR count). The van der Waals surface area contributed by atoms with Crippen LogP contribution in [-0.2, 0) is 4.74 Å². The lowest BCUT2D eigenvalue weighted by Gasteiger charge is -2.22. The van der Waals surface area contributed by atoms with Crippen molar-refractivity contribution in [3.63, 3.8) is 0 Å². The summed E-state index contributed by atoms with van der Waals surface area (Å²) in [6.45, 7) is 4.04. The highest BCUT2D eigenvalue weighted by Crippen LogP contribution is 2.11. The molecule has 0 radical (unpaired) electrons.